The first kappa shape index (κ1) is 14.5. The molecule has 1 heterocycles. The van der Waals surface area contributed by atoms with E-state index in [9.17, 15) is 12.8 Å². The maximum absolute atomic E-state index is 13.3. The van der Waals surface area contributed by atoms with Gasteiger partial charge in [0.1, 0.15) is 11.6 Å². The second-order valence-electron chi connectivity index (χ2n) is 4.08. The van der Waals surface area contributed by atoms with Gasteiger partial charge in [-0.15, -0.1) is 0 Å². The topological polar surface area (TPSA) is 98.2 Å². The third kappa shape index (κ3) is 3.14. The van der Waals surface area contributed by atoms with Crippen molar-refractivity contribution in [2.45, 2.75) is 24.8 Å². The highest BCUT2D eigenvalue weighted by molar-refractivity contribution is 7.89. The molecule has 0 saturated carbocycles. The minimum absolute atomic E-state index is 0.103. The van der Waals surface area contributed by atoms with Gasteiger partial charge in [0.25, 0.3) is 0 Å². The lowest BCUT2D eigenvalue weighted by atomic mass is 10.3. The summed E-state index contributed by atoms with van der Waals surface area (Å²) < 4.78 is 44.7. The third-order valence-corrected chi connectivity index (χ3v) is 4.04. The molecule has 6 nitrogen and oxygen atoms in total. The molecule has 0 saturated heterocycles. The molecule has 3 N–H and O–H groups in total. The van der Waals surface area contributed by atoms with E-state index < -0.39 is 15.8 Å². The SMILES string of the molecule is CCc1cnc(CNS(=O)(=O)c2ccc(N)c(F)c2)o1. The molecule has 0 bridgehead atoms. The Balaban J connectivity index is 2.12. The van der Waals surface area contributed by atoms with Crippen LogP contribution in [0.15, 0.2) is 33.7 Å². The number of nitrogen functional groups attached to an aromatic ring is 1. The van der Waals surface area contributed by atoms with E-state index in [2.05, 4.69) is 9.71 Å². The predicted octanol–water partition coefficient (Wildman–Crippen LogP) is 1.44. The van der Waals surface area contributed by atoms with Crippen molar-refractivity contribution in [1.29, 1.82) is 0 Å². The zero-order valence-corrected chi connectivity index (χ0v) is 11.6. The monoisotopic (exact) mass is 299 g/mol. The summed E-state index contributed by atoms with van der Waals surface area (Å²) in [5.74, 6) is 0.135. The summed E-state index contributed by atoms with van der Waals surface area (Å²) in [6.45, 7) is 1.79. The first-order chi connectivity index (χ1) is 9.42. The fraction of sp³-hybridized carbons (Fsp3) is 0.250. The van der Waals surface area contributed by atoms with Gasteiger partial charge in [-0.05, 0) is 18.2 Å². The standard InChI is InChI=1S/C12H14FN3O3S/c1-2-8-6-15-12(19-8)7-16-20(17,18)9-3-4-11(14)10(13)5-9/h3-6,16H,2,7,14H2,1H3. The lowest BCUT2D eigenvalue weighted by Crippen LogP contribution is -2.23. The van der Waals surface area contributed by atoms with E-state index in [1.54, 1.807) is 0 Å². The molecular weight excluding hydrogens is 285 g/mol. The summed E-state index contributed by atoms with van der Waals surface area (Å²) in [5, 5.41) is 0. The number of nitrogens with zero attached hydrogens (tertiary/aromatic N) is 1. The largest absolute Gasteiger partial charge is 0.444 e. The number of benzene rings is 1. The molecule has 0 aliphatic carbocycles. The van der Waals surface area contributed by atoms with Crippen LogP contribution in [0.4, 0.5) is 10.1 Å². The summed E-state index contributed by atoms with van der Waals surface area (Å²) in [5.41, 5.74) is 5.19. The minimum atomic E-state index is -3.84. The van der Waals surface area contributed by atoms with Gasteiger partial charge < -0.3 is 10.2 Å². The normalized spacial score (nSPS) is 11.7. The highest BCUT2D eigenvalue weighted by atomic mass is 32.2. The smallest absolute Gasteiger partial charge is 0.241 e. The fourth-order valence-corrected chi connectivity index (χ4v) is 2.49. The van der Waals surface area contributed by atoms with Gasteiger partial charge >= 0.3 is 0 Å². The van der Waals surface area contributed by atoms with Crippen molar-refractivity contribution in [3.8, 4) is 0 Å². The molecule has 0 aliphatic rings. The van der Waals surface area contributed by atoms with Gasteiger partial charge in [0, 0.05) is 6.42 Å². The Morgan fingerprint density at radius 3 is 2.80 bits per heavy atom. The summed E-state index contributed by atoms with van der Waals surface area (Å²) in [6, 6.07) is 3.29. The Hall–Kier alpha value is -1.93. The van der Waals surface area contributed by atoms with Gasteiger partial charge in [-0.25, -0.2) is 22.5 Å². The molecule has 0 amide bonds. The van der Waals surface area contributed by atoms with E-state index in [4.69, 9.17) is 10.2 Å². The maximum Gasteiger partial charge on any atom is 0.241 e. The van der Waals surface area contributed by atoms with Crippen LogP contribution in [0.25, 0.3) is 0 Å². The van der Waals surface area contributed by atoms with Crippen LogP contribution in [0.3, 0.4) is 0 Å². The number of hydrogen-bond donors (Lipinski definition) is 2. The first-order valence-corrected chi connectivity index (χ1v) is 7.39. The van der Waals surface area contributed by atoms with Crippen LogP contribution < -0.4 is 10.5 Å². The van der Waals surface area contributed by atoms with E-state index in [0.717, 1.165) is 6.07 Å². The first-order valence-electron chi connectivity index (χ1n) is 5.90. The molecule has 0 fully saturated rings. The van der Waals surface area contributed by atoms with Gasteiger partial charge in [-0.3, -0.25) is 0 Å². The average Bonchev–Trinajstić information content (AvgIpc) is 2.87. The summed E-state index contributed by atoms with van der Waals surface area (Å²) >= 11 is 0. The van der Waals surface area contributed by atoms with Crippen LogP contribution in [-0.4, -0.2) is 13.4 Å². The number of anilines is 1. The molecule has 1 aromatic carbocycles. The number of nitrogens with one attached hydrogen (secondary N) is 1. The van der Waals surface area contributed by atoms with Crippen molar-refractivity contribution in [2.24, 2.45) is 0 Å². The Morgan fingerprint density at radius 2 is 2.20 bits per heavy atom. The Kier molecular flexibility index (Phi) is 4.05. The van der Waals surface area contributed by atoms with E-state index in [-0.39, 0.29) is 23.0 Å². The maximum atomic E-state index is 13.3. The quantitative estimate of drug-likeness (QED) is 0.814. The molecule has 0 spiro atoms. The molecule has 108 valence electrons. The molecule has 0 unspecified atom stereocenters. The number of hydrogen-bond acceptors (Lipinski definition) is 5. The van der Waals surface area contributed by atoms with Crippen LogP contribution in [-0.2, 0) is 23.0 Å². The Labute approximate surface area is 115 Å². The summed E-state index contributed by atoms with van der Waals surface area (Å²) in [4.78, 5) is 3.73. The number of aryl methyl sites for hydroxylation is 1. The molecule has 2 rings (SSSR count). The molecule has 20 heavy (non-hydrogen) atoms. The van der Waals surface area contributed by atoms with E-state index in [0.29, 0.717) is 12.2 Å². The second-order valence-corrected chi connectivity index (χ2v) is 5.85. The molecule has 2 aromatic rings. The van der Waals surface area contributed by atoms with Crippen molar-refractivity contribution in [3.63, 3.8) is 0 Å². The number of nitrogens with two attached hydrogens (primary N) is 1. The highest BCUT2D eigenvalue weighted by Crippen LogP contribution is 2.16. The van der Waals surface area contributed by atoms with E-state index >= 15 is 0 Å². The van der Waals surface area contributed by atoms with Gasteiger partial charge in [-0.1, -0.05) is 6.92 Å². The molecule has 0 aliphatic heterocycles. The molecule has 0 radical (unpaired) electrons. The van der Waals surface area contributed by atoms with Crippen molar-refractivity contribution in [3.05, 3.63) is 41.9 Å². The number of halogens is 1. The fourth-order valence-electron chi connectivity index (χ4n) is 1.51. The third-order valence-electron chi connectivity index (χ3n) is 2.65. The molecular formula is C12H14FN3O3S. The van der Waals surface area contributed by atoms with Crippen LogP contribution in [0.1, 0.15) is 18.6 Å². The molecule has 8 heteroatoms. The number of sulfonamides is 1. The number of aromatic nitrogens is 1. The summed E-state index contributed by atoms with van der Waals surface area (Å²) in [7, 11) is -3.84. The lowest BCUT2D eigenvalue weighted by molar-refractivity contribution is 0.452. The van der Waals surface area contributed by atoms with E-state index in [1.165, 1.54) is 18.3 Å². The van der Waals surface area contributed by atoms with Crippen molar-refractivity contribution in [1.82, 2.24) is 9.71 Å². The average molecular weight is 299 g/mol. The van der Waals surface area contributed by atoms with Crippen LogP contribution >= 0.6 is 0 Å². The van der Waals surface area contributed by atoms with Gasteiger partial charge in [-0.2, -0.15) is 0 Å². The summed E-state index contributed by atoms with van der Waals surface area (Å²) in [6.07, 6.45) is 2.20. The van der Waals surface area contributed by atoms with Gasteiger partial charge in [0.15, 0.2) is 0 Å². The number of rotatable bonds is 5. The Bertz CT molecular complexity index is 712. The van der Waals surface area contributed by atoms with Crippen LogP contribution in [0.5, 0.6) is 0 Å². The Morgan fingerprint density at radius 1 is 1.45 bits per heavy atom. The molecule has 1 aromatic heterocycles. The second kappa shape index (κ2) is 5.59. The van der Waals surface area contributed by atoms with E-state index in [1.807, 2.05) is 6.92 Å². The van der Waals surface area contributed by atoms with Crippen molar-refractivity contribution in [2.75, 3.05) is 5.73 Å². The van der Waals surface area contributed by atoms with Crippen molar-refractivity contribution >= 4 is 15.7 Å². The lowest BCUT2D eigenvalue weighted by Gasteiger charge is -2.06. The van der Waals surface area contributed by atoms with Crippen LogP contribution in [0, 0.1) is 5.82 Å². The predicted molar refractivity (Wildman–Crippen MR) is 70.7 cm³/mol. The zero-order valence-electron chi connectivity index (χ0n) is 10.8. The van der Waals surface area contributed by atoms with Gasteiger partial charge in [0.05, 0.1) is 23.3 Å². The van der Waals surface area contributed by atoms with Crippen LogP contribution in [0.2, 0.25) is 0 Å². The minimum Gasteiger partial charge on any atom is -0.444 e. The highest BCUT2D eigenvalue weighted by Gasteiger charge is 2.16. The molecule has 0 atom stereocenters. The zero-order chi connectivity index (χ0) is 14.8. The number of oxazole rings is 1. The van der Waals surface area contributed by atoms with Gasteiger partial charge in [0.2, 0.25) is 15.9 Å². The van der Waals surface area contributed by atoms with Crippen molar-refractivity contribution < 1.29 is 17.2 Å².